The van der Waals surface area contributed by atoms with E-state index < -0.39 is 16.4 Å². The number of rotatable bonds is 5. The number of carbonyl (C=O) groups excluding carboxylic acids is 1. The van der Waals surface area contributed by atoms with E-state index in [2.05, 4.69) is 10.3 Å². The molecule has 0 aliphatic carbocycles. The first-order valence-electron chi connectivity index (χ1n) is 9.22. The number of benzene rings is 2. The lowest BCUT2D eigenvalue weighted by molar-refractivity contribution is -0.383. The molecule has 4 rings (SSSR count). The van der Waals surface area contributed by atoms with Crippen LogP contribution in [0.2, 0.25) is 5.02 Å². The fourth-order valence-corrected chi connectivity index (χ4v) is 3.34. The van der Waals surface area contributed by atoms with Crippen LogP contribution in [0, 0.1) is 10.1 Å². The SMILES string of the molecule is O=C(Nc1ccccc1[N+](=O)[O-])c1cc2cccnc2n(Cc2ccc(Cl)cc2)c1=O. The minimum absolute atomic E-state index is 0.00688. The van der Waals surface area contributed by atoms with Gasteiger partial charge in [-0.3, -0.25) is 24.3 Å². The maximum Gasteiger partial charge on any atom is 0.292 e. The number of hydrogen-bond acceptors (Lipinski definition) is 5. The van der Waals surface area contributed by atoms with Gasteiger partial charge in [-0.25, -0.2) is 4.98 Å². The van der Waals surface area contributed by atoms with Crippen molar-refractivity contribution in [3.05, 3.63) is 110 Å². The second-order valence-corrected chi connectivity index (χ2v) is 7.16. The van der Waals surface area contributed by atoms with Crippen molar-refractivity contribution in [2.75, 3.05) is 5.32 Å². The van der Waals surface area contributed by atoms with E-state index in [4.69, 9.17) is 11.6 Å². The smallest absolute Gasteiger partial charge is 0.292 e. The van der Waals surface area contributed by atoms with Crippen molar-refractivity contribution >= 4 is 39.9 Å². The van der Waals surface area contributed by atoms with E-state index in [1.807, 2.05) is 0 Å². The van der Waals surface area contributed by atoms with Gasteiger partial charge in [-0.1, -0.05) is 35.9 Å². The molecule has 9 heteroatoms. The fraction of sp³-hybridized carbons (Fsp3) is 0.0455. The molecular formula is C22H15ClN4O4. The minimum Gasteiger partial charge on any atom is -0.316 e. The van der Waals surface area contributed by atoms with E-state index in [1.165, 1.54) is 28.8 Å². The van der Waals surface area contributed by atoms with E-state index in [1.54, 1.807) is 48.7 Å². The van der Waals surface area contributed by atoms with Crippen molar-refractivity contribution in [3.63, 3.8) is 0 Å². The van der Waals surface area contributed by atoms with Crippen molar-refractivity contribution < 1.29 is 9.72 Å². The maximum absolute atomic E-state index is 13.2. The number of halogens is 1. The van der Waals surface area contributed by atoms with Crippen LogP contribution in [0.25, 0.3) is 11.0 Å². The van der Waals surface area contributed by atoms with Crippen LogP contribution in [0.4, 0.5) is 11.4 Å². The van der Waals surface area contributed by atoms with Crippen LogP contribution in [0.5, 0.6) is 0 Å². The molecule has 154 valence electrons. The molecule has 0 bridgehead atoms. The van der Waals surface area contributed by atoms with Gasteiger partial charge >= 0.3 is 0 Å². The molecule has 0 unspecified atom stereocenters. The number of carbonyl (C=O) groups is 1. The molecule has 8 nitrogen and oxygen atoms in total. The highest BCUT2D eigenvalue weighted by molar-refractivity contribution is 6.30. The zero-order valence-corrected chi connectivity index (χ0v) is 16.7. The van der Waals surface area contributed by atoms with Crippen LogP contribution in [-0.4, -0.2) is 20.4 Å². The molecule has 0 radical (unpaired) electrons. The third kappa shape index (κ3) is 4.15. The molecule has 4 aromatic rings. The quantitative estimate of drug-likeness (QED) is 0.373. The first kappa shape index (κ1) is 20.2. The average Bonchev–Trinajstić information content (AvgIpc) is 2.77. The van der Waals surface area contributed by atoms with Crippen LogP contribution in [-0.2, 0) is 6.54 Å². The maximum atomic E-state index is 13.2. The average molecular weight is 435 g/mol. The Balaban J connectivity index is 1.79. The number of para-hydroxylation sites is 2. The molecule has 1 amide bonds. The summed E-state index contributed by atoms with van der Waals surface area (Å²) in [4.78, 5) is 41.1. The number of amides is 1. The summed E-state index contributed by atoms with van der Waals surface area (Å²) < 4.78 is 1.40. The molecule has 2 aromatic carbocycles. The Bertz CT molecular complexity index is 1370. The molecule has 0 saturated heterocycles. The van der Waals surface area contributed by atoms with E-state index in [0.717, 1.165) is 5.56 Å². The summed E-state index contributed by atoms with van der Waals surface area (Å²) in [5, 5.41) is 14.9. The number of nitrogens with zero attached hydrogens (tertiary/aromatic N) is 3. The number of hydrogen-bond donors (Lipinski definition) is 1. The summed E-state index contributed by atoms with van der Waals surface area (Å²) in [5.74, 6) is -0.741. The fourth-order valence-electron chi connectivity index (χ4n) is 3.22. The third-order valence-electron chi connectivity index (χ3n) is 4.70. The number of aromatic nitrogens is 2. The first-order valence-corrected chi connectivity index (χ1v) is 9.59. The number of fused-ring (bicyclic) bond motifs is 1. The molecular weight excluding hydrogens is 420 g/mol. The lowest BCUT2D eigenvalue weighted by Crippen LogP contribution is -2.30. The Morgan fingerprint density at radius 3 is 2.58 bits per heavy atom. The van der Waals surface area contributed by atoms with Crippen LogP contribution < -0.4 is 10.9 Å². The highest BCUT2D eigenvalue weighted by Gasteiger charge is 2.20. The molecule has 0 atom stereocenters. The molecule has 31 heavy (non-hydrogen) atoms. The summed E-state index contributed by atoms with van der Waals surface area (Å²) in [7, 11) is 0. The van der Waals surface area contributed by atoms with Crippen molar-refractivity contribution in [2.24, 2.45) is 0 Å². The van der Waals surface area contributed by atoms with Crippen molar-refractivity contribution in [1.82, 2.24) is 9.55 Å². The predicted molar refractivity (Wildman–Crippen MR) is 118 cm³/mol. The number of pyridine rings is 2. The van der Waals surface area contributed by atoms with Gasteiger partial charge in [0.25, 0.3) is 17.2 Å². The summed E-state index contributed by atoms with van der Waals surface area (Å²) in [6, 6.07) is 17.6. The second kappa shape index (κ2) is 8.37. The van der Waals surface area contributed by atoms with Gasteiger partial charge in [-0.15, -0.1) is 0 Å². The van der Waals surface area contributed by atoms with Crippen molar-refractivity contribution in [2.45, 2.75) is 6.54 Å². The molecule has 0 aliphatic heterocycles. The highest BCUT2D eigenvalue weighted by atomic mass is 35.5. The molecule has 0 aliphatic rings. The van der Waals surface area contributed by atoms with Crippen LogP contribution in [0.3, 0.4) is 0 Å². The monoisotopic (exact) mass is 434 g/mol. The number of nitrogens with one attached hydrogen (secondary N) is 1. The normalized spacial score (nSPS) is 10.7. The van der Waals surface area contributed by atoms with Gasteiger partial charge in [0.1, 0.15) is 16.9 Å². The molecule has 2 aromatic heterocycles. The van der Waals surface area contributed by atoms with Crippen molar-refractivity contribution in [3.8, 4) is 0 Å². The number of nitro groups is 1. The first-order chi connectivity index (χ1) is 14.9. The predicted octanol–water partition coefficient (Wildman–Crippen LogP) is 4.26. The van der Waals surface area contributed by atoms with E-state index in [9.17, 15) is 19.7 Å². The largest absolute Gasteiger partial charge is 0.316 e. The van der Waals surface area contributed by atoms with Gasteiger partial charge in [0.05, 0.1) is 11.5 Å². The van der Waals surface area contributed by atoms with Crippen LogP contribution >= 0.6 is 11.6 Å². The summed E-state index contributed by atoms with van der Waals surface area (Å²) in [6.45, 7) is 0.177. The number of anilines is 1. The number of nitro benzene ring substituents is 1. The van der Waals surface area contributed by atoms with Gasteiger partial charge in [-0.05, 0) is 42.0 Å². The summed E-state index contributed by atoms with van der Waals surface area (Å²) in [5.41, 5.74) is 0.261. The Morgan fingerprint density at radius 1 is 1.10 bits per heavy atom. The minimum atomic E-state index is -0.741. The van der Waals surface area contributed by atoms with E-state index in [-0.39, 0.29) is 23.5 Å². The Hall–Kier alpha value is -4.04. The molecule has 0 saturated carbocycles. The van der Waals surface area contributed by atoms with Crippen LogP contribution in [0.1, 0.15) is 15.9 Å². The van der Waals surface area contributed by atoms with Gasteiger partial charge in [-0.2, -0.15) is 0 Å². The Labute approximate surface area is 180 Å². The Kier molecular flexibility index (Phi) is 5.46. The Morgan fingerprint density at radius 2 is 1.84 bits per heavy atom. The van der Waals surface area contributed by atoms with E-state index in [0.29, 0.717) is 16.1 Å². The lowest BCUT2D eigenvalue weighted by atomic mass is 10.1. The molecule has 0 fully saturated rings. The van der Waals surface area contributed by atoms with Gasteiger partial charge < -0.3 is 5.32 Å². The third-order valence-corrected chi connectivity index (χ3v) is 4.95. The molecule has 1 N–H and O–H groups in total. The van der Waals surface area contributed by atoms with Gasteiger partial charge in [0, 0.05) is 22.7 Å². The van der Waals surface area contributed by atoms with Crippen molar-refractivity contribution in [1.29, 1.82) is 0 Å². The summed E-state index contributed by atoms with van der Waals surface area (Å²) >= 11 is 5.94. The molecule has 2 heterocycles. The van der Waals surface area contributed by atoms with Crippen LogP contribution in [0.15, 0.2) is 77.7 Å². The highest BCUT2D eigenvalue weighted by Crippen LogP contribution is 2.24. The van der Waals surface area contributed by atoms with Gasteiger partial charge in [0.15, 0.2) is 0 Å². The van der Waals surface area contributed by atoms with E-state index >= 15 is 0 Å². The van der Waals surface area contributed by atoms with Gasteiger partial charge in [0.2, 0.25) is 0 Å². The molecule has 0 spiro atoms. The standard InChI is InChI=1S/C22H15ClN4O4/c23-16-9-7-14(8-10-16)13-26-20-15(4-3-11-24-20)12-17(22(26)29)21(28)25-18-5-1-2-6-19(18)27(30)31/h1-12H,13H2,(H,25,28). The zero-order valence-electron chi connectivity index (χ0n) is 16.0. The lowest BCUT2D eigenvalue weighted by Gasteiger charge is -2.12. The second-order valence-electron chi connectivity index (χ2n) is 6.72. The topological polar surface area (TPSA) is 107 Å². The summed E-state index contributed by atoms with van der Waals surface area (Å²) in [6.07, 6.45) is 1.56. The zero-order chi connectivity index (χ0) is 22.0.